The summed E-state index contributed by atoms with van der Waals surface area (Å²) in [5.74, 6) is 4.04. The van der Waals surface area contributed by atoms with Crippen LogP contribution in [0.1, 0.15) is 121 Å². The zero-order chi connectivity index (χ0) is 23.2. The topological polar surface area (TPSA) is 29.5 Å². The maximum atomic E-state index is 10.4. The van der Waals surface area contributed by atoms with Crippen molar-refractivity contribution in [2.24, 2.45) is 17.8 Å². The van der Waals surface area contributed by atoms with Crippen molar-refractivity contribution >= 4 is 37.7 Å². The molecule has 32 heavy (non-hydrogen) atoms. The average Bonchev–Trinajstić information content (AvgIpc) is 2.70. The second-order valence-electron chi connectivity index (χ2n) is 11.4. The second-order valence-corrected chi connectivity index (χ2v) is 11.4. The van der Waals surface area contributed by atoms with Gasteiger partial charge in [0.15, 0.2) is 0 Å². The van der Waals surface area contributed by atoms with Gasteiger partial charge in [-0.15, -0.1) is 0 Å². The zero-order valence-corrected chi connectivity index (χ0v) is 21.9. The molecule has 0 amide bonds. The van der Waals surface area contributed by atoms with E-state index in [1.54, 1.807) is 0 Å². The number of hydrogen-bond donors (Lipinski definition) is 1. The van der Waals surface area contributed by atoms with E-state index in [1.807, 2.05) is 13.8 Å². The molecule has 0 spiro atoms. The van der Waals surface area contributed by atoms with E-state index in [9.17, 15) is 5.11 Å². The molecule has 0 saturated heterocycles. The third-order valence-corrected chi connectivity index (χ3v) is 7.87. The number of fused-ring (bicyclic) bond motifs is 1. The Bertz CT molecular complexity index is 712. The molecule has 2 rings (SSSR count). The molecule has 182 valence electrons. The van der Waals surface area contributed by atoms with Gasteiger partial charge in [-0.05, 0) is 87.8 Å². The predicted octanol–water partition coefficient (Wildman–Crippen LogP) is 7.92. The van der Waals surface area contributed by atoms with Crippen LogP contribution in [0.4, 0.5) is 0 Å². The van der Waals surface area contributed by atoms with Gasteiger partial charge in [-0.1, -0.05) is 72.6 Å². The summed E-state index contributed by atoms with van der Waals surface area (Å²) in [7, 11) is 0. The summed E-state index contributed by atoms with van der Waals surface area (Å²) >= 11 is 0. The average molecular weight is 473 g/mol. The normalized spacial score (nSPS) is 19.8. The number of rotatable bonds is 12. The third kappa shape index (κ3) is 8.70. The summed E-state index contributed by atoms with van der Waals surface area (Å²) in [6.45, 7) is 17.9. The molecular formula is C29H52CaO2. The molecule has 1 aromatic rings. The molecule has 0 unspecified atom stereocenters. The Labute approximate surface area is 229 Å². The Morgan fingerprint density at radius 2 is 1.34 bits per heavy atom. The van der Waals surface area contributed by atoms with Gasteiger partial charge in [0.2, 0.25) is 0 Å². The van der Waals surface area contributed by atoms with Crippen LogP contribution in [0.15, 0.2) is 0 Å². The van der Waals surface area contributed by atoms with Crippen LogP contribution in [0.25, 0.3) is 0 Å². The molecule has 1 heterocycles. The van der Waals surface area contributed by atoms with E-state index in [0.717, 1.165) is 59.5 Å². The molecule has 0 bridgehead atoms. The van der Waals surface area contributed by atoms with Crippen LogP contribution in [0.2, 0.25) is 0 Å². The van der Waals surface area contributed by atoms with E-state index in [0.29, 0.717) is 5.75 Å². The molecule has 0 aliphatic carbocycles. The van der Waals surface area contributed by atoms with Crippen molar-refractivity contribution in [3.63, 3.8) is 0 Å². The van der Waals surface area contributed by atoms with Crippen LogP contribution in [0.5, 0.6) is 11.5 Å². The number of aromatic hydroxyl groups is 1. The number of benzene rings is 1. The maximum absolute atomic E-state index is 10.4. The fourth-order valence-corrected chi connectivity index (χ4v) is 5.27. The molecule has 1 aromatic carbocycles. The SMILES string of the molecule is Cc1c(C)c2c(c(C)c1O)CC[C@@](C)(CCC[C@H](C)CCC[C@H](C)CCCC(C)C)O2.[CaH2]. The molecule has 0 radical (unpaired) electrons. The summed E-state index contributed by atoms with van der Waals surface area (Å²) in [5, 5.41) is 10.4. The summed E-state index contributed by atoms with van der Waals surface area (Å²) in [4.78, 5) is 0. The van der Waals surface area contributed by atoms with Gasteiger partial charge in [0.05, 0.1) is 0 Å². The van der Waals surface area contributed by atoms with Crippen molar-refractivity contribution in [1.82, 2.24) is 0 Å². The Morgan fingerprint density at radius 3 is 1.91 bits per heavy atom. The van der Waals surface area contributed by atoms with E-state index in [4.69, 9.17) is 4.74 Å². The van der Waals surface area contributed by atoms with Crippen LogP contribution in [0.3, 0.4) is 0 Å². The van der Waals surface area contributed by atoms with Gasteiger partial charge in [0.25, 0.3) is 0 Å². The molecule has 1 aliphatic heterocycles. The van der Waals surface area contributed by atoms with Gasteiger partial charge < -0.3 is 9.84 Å². The fraction of sp³-hybridized carbons (Fsp3) is 0.793. The summed E-state index contributed by atoms with van der Waals surface area (Å²) < 4.78 is 6.60. The summed E-state index contributed by atoms with van der Waals surface area (Å²) in [6.07, 6.45) is 14.1. The molecule has 1 N–H and O–H groups in total. The van der Waals surface area contributed by atoms with Gasteiger partial charge in [0, 0.05) is 5.56 Å². The number of phenolic OH excluding ortho intramolecular Hbond substituents is 1. The first-order chi connectivity index (χ1) is 14.5. The van der Waals surface area contributed by atoms with Crippen LogP contribution < -0.4 is 4.74 Å². The first-order valence-corrected chi connectivity index (χ1v) is 13.0. The predicted molar refractivity (Wildman–Crippen MR) is 143 cm³/mol. The molecule has 0 fully saturated rings. The van der Waals surface area contributed by atoms with Crippen LogP contribution in [0, 0.1) is 38.5 Å². The van der Waals surface area contributed by atoms with E-state index in [2.05, 4.69) is 41.5 Å². The minimum absolute atomic E-state index is 0. The molecule has 2 nitrogen and oxygen atoms in total. The summed E-state index contributed by atoms with van der Waals surface area (Å²) in [6, 6.07) is 0. The standard InChI is InChI=1S/C29H50O2.Ca.2H/c1-20(2)12-9-13-21(3)14-10-15-22(4)16-11-18-29(8)19-17-26-25(7)27(30)23(5)24(6)28(26)31-29;;;/h20-22,30H,9-19H2,1-8H3;;;/t21-,22-,29-;;;/m1.../s1. The molecule has 1 aliphatic rings. The zero-order valence-electron chi connectivity index (χ0n) is 21.9. The number of ether oxygens (including phenoxy) is 1. The van der Waals surface area contributed by atoms with Crippen molar-refractivity contribution in [1.29, 1.82) is 0 Å². The first kappa shape index (κ1) is 30.1. The quantitative estimate of drug-likeness (QED) is 0.313. The Kier molecular flexibility index (Phi) is 13.0. The Hall–Kier alpha value is 0.0797. The van der Waals surface area contributed by atoms with Crippen molar-refractivity contribution < 1.29 is 9.84 Å². The van der Waals surface area contributed by atoms with E-state index in [1.165, 1.54) is 56.9 Å². The van der Waals surface area contributed by atoms with Gasteiger partial charge in [-0.25, -0.2) is 0 Å². The van der Waals surface area contributed by atoms with Gasteiger partial charge in [-0.3, -0.25) is 0 Å². The van der Waals surface area contributed by atoms with Crippen LogP contribution >= 0.6 is 0 Å². The summed E-state index contributed by atoms with van der Waals surface area (Å²) in [5.41, 5.74) is 4.23. The van der Waals surface area contributed by atoms with Crippen LogP contribution in [-0.2, 0) is 6.42 Å². The van der Waals surface area contributed by atoms with Crippen molar-refractivity contribution in [2.75, 3.05) is 0 Å². The minimum atomic E-state index is -0.0712. The van der Waals surface area contributed by atoms with Crippen molar-refractivity contribution in [3.05, 3.63) is 22.3 Å². The number of hydrogen-bond acceptors (Lipinski definition) is 2. The molecular weight excluding hydrogens is 420 g/mol. The monoisotopic (exact) mass is 472 g/mol. The van der Waals surface area contributed by atoms with Gasteiger partial charge in [0.1, 0.15) is 17.1 Å². The molecule has 3 heteroatoms. The molecule has 0 saturated carbocycles. The van der Waals surface area contributed by atoms with Crippen LogP contribution in [-0.4, -0.2) is 48.4 Å². The molecule has 3 atom stereocenters. The molecule has 0 aromatic heterocycles. The van der Waals surface area contributed by atoms with E-state index in [-0.39, 0.29) is 43.3 Å². The Balaban J connectivity index is 0.00000512. The third-order valence-electron chi connectivity index (χ3n) is 7.87. The van der Waals surface area contributed by atoms with Crippen molar-refractivity contribution in [2.45, 2.75) is 132 Å². The number of phenols is 1. The first-order valence-electron chi connectivity index (χ1n) is 13.0. The van der Waals surface area contributed by atoms with E-state index < -0.39 is 0 Å². The second kappa shape index (κ2) is 13.8. The Morgan fingerprint density at radius 1 is 0.812 bits per heavy atom. The van der Waals surface area contributed by atoms with Crippen molar-refractivity contribution in [3.8, 4) is 11.5 Å². The van der Waals surface area contributed by atoms with Gasteiger partial charge >= 0.3 is 37.7 Å². The van der Waals surface area contributed by atoms with Gasteiger partial charge in [-0.2, -0.15) is 0 Å². The fourth-order valence-electron chi connectivity index (χ4n) is 5.27. The van der Waals surface area contributed by atoms with E-state index >= 15 is 0 Å².